The fourth-order valence-electron chi connectivity index (χ4n) is 6.98. The number of nitrogens with zero attached hydrogens (tertiary/aromatic N) is 3. The highest BCUT2D eigenvalue weighted by Crippen LogP contribution is 2.37. The maximum atomic E-state index is 5.33. The summed E-state index contributed by atoms with van der Waals surface area (Å²) < 4.78 is 0. The lowest BCUT2D eigenvalue weighted by Crippen LogP contribution is -2.24. The lowest BCUT2D eigenvalue weighted by atomic mass is 9.83. The normalized spacial score (nSPS) is 12.4. The van der Waals surface area contributed by atoms with Crippen molar-refractivity contribution >= 4 is 43.4 Å². The van der Waals surface area contributed by atoms with Gasteiger partial charge in [0.1, 0.15) is 5.82 Å². The van der Waals surface area contributed by atoms with Gasteiger partial charge < -0.3 is 0 Å². The largest absolute Gasteiger partial charge is 0.252 e. The van der Waals surface area contributed by atoms with E-state index in [0.717, 1.165) is 45.6 Å². The van der Waals surface area contributed by atoms with Crippen molar-refractivity contribution in [3.8, 4) is 22.4 Å². The molecule has 8 rings (SSSR count). The molecule has 0 saturated carbocycles. The Morgan fingerprint density at radius 2 is 1.12 bits per heavy atom. The number of hydrogen-bond acceptors (Lipinski definition) is 3. The highest BCUT2D eigenvalue weighted by Gasteiger charge is 2.27. The van der Waals surface area contributed by atoms with Gasteiger partial charge in [0, 0.05) is 32.9 Å². The topological polar surface area (TPSA) is 38.7 Å². The van der Waals surface area contributed by atoms with E-state index in [2.05, 4.69) is 168 Å². The molecule has 3 nitrogen and oxygen atoms in total. The predicted octanol–water partition coefficient (Wildman–Crippen LogP) is 11.6. The quantitative estimate of drug-likeness (QED) is 0.192. The van der Waals surface area contributed by atoms with Crippen LogP contribution in [0.25, 0.3) is 65.7 Å². The molecule has 0 amide bonds. The molecule has 0 radical (unpaired) electrons. The van der Waals surface area contributed by atoms with Crippen LogP contribution in [0, 0.1) is 0 Å². The van der Waals surface area contributed by atoms with E-state index in [1.807, 2.05) is 0 Å². The third kappa shape index (κ3) is 5.40. The Morgan fingerprint density at radius 1 is 0.479 bits per heavy atom. The van der Waals surface area contributed by atoms with Gasteiger partial charge in [0.05, 0.1) is 16.7 Å². The van der Waals surface area contributed by atoms with Crippen molar-refractivity contribution in [3.63, 3.8) is 0 Å². The summed E-state index contributed by atoms with van der Waals surface area (Å²) in [6.07, 6.45) is 0.821. The van der Waals surface area contributed by atoms with Gasteiger partial charge in [0.2, 0.25) is 0 Å². The summed E-state index contributed by atoms with van der Waals surface area (Å²) in [5, 5.41) is 7.14. The van der Waals surface area contributed by atoms with Crippen molar-refractivity contribution in [1.29, 1.82) is 0 Å². The van der Waals surface area contributed by atoms with Crippen molar-refractivity contribution in [2.24, 2.45) is 0 Å². The minimum Gasteiger partial charge on any atom is -0.252 e. The van der Waals surface area contributed by atoms with E-state index in [9.17, 15) is 0 Å². The van der Waals surface area contributed by atoms with Crippen molar-refractivity contribution < 1.29 is 0 Å². The number of para-hydroxylation sites is 2. The van der Waals surface area contributed by atoms with E-state index in [0.29, 0.717) is 0 Å². The highest BCUT2D eigenvalue weighted by molar-refractivity contribution is 6.03. The molecular weight excluding hydrogens is 583 g/mol. The number of benzene rings is 6. The van der Waals surface area contributed by atoms with Crippen LogP contribution >= 0.6 is 0 Å². The van der Waals surface area contributed by atoms with Crippen LogP contribution in [-0.2, 0) is 17.3 Å². The second-order valence-corrected chi connectivity index (χ2v) is 14.7. The Morgan fingerprint density at radius 3 is 1.92 bits per heavy atom. The number of fused-ring (bicyclic) bond motifs is 4. The van der Waals surface area contributed by atoms with Gasteiger partial charge in [0.15, 0.2) is 0 Å². The lowest BCUT2D eigenvalue weighted by Gasteiger charge is -2.25. The van der Waals surface area contributed by atoms with Gasteiger partial charge in [-0.15, -0.1) is 0 Å². The first-order chi connectivity index (χ1) is 23.1. The molecule has 2 aromatic heterocycles. The number of aromatic nitrogens is 3. The maximum Gasteiger partial charge on any atom is 0.135 e. The average molecular weight is 622 g/mol. The van der Waals surface area contributed by atoms with E-state index in [1.165, 1.54) is 43.6 Å². The molecule has 0 unspecified atom stereocenters. The first-order valence-electron chi connectivity index (χ1n) is 16.8. The molecule has 3 heteroatoms. The fraction of sp³-hybridized carbons (Fsp3) is 0.178. The van der Waals surface area contributed by atoms with Crippen LogP contribution in [0.1, 0.15) is 51.7 Å². The van der Waals surface area contributed by atoms with Crippen molar-refractivity contribution in [1.82, 2.24) is 15.0 Å². The van der Waals surface area contributed by atoms with Crippen molar-refractivity contribution in [2.45, 2.75) is 51.9 Å². The number of pyridine rings is 1. The molecule has 0 fully saturated rings. The van der Waals surface area contributed by atoms with Crippen molar-refractivity contribution in [3.05, 3.63) is 151 Å². The third-order valence-corrected chi connectivity index (χ3v) is 9.60. The minimum absolute atomic E-state index is 0.0399. The Labute approximate surface area is 282 Å². The molecule has 48 heavy (non-hydrogen) atoms. The summed E-state index contributed by atoms with van der Waals surface area (Å²) in [5.74, 6) is 0.860. The Kier molecular flexibility index (Phi) is 7.10. The van der Waals surface area contributed by atoms with Crippen molar-refractivity contribution in [2.75, 3.05) is 0 Å². The summed E-state index contributed by atoms with van der Waals surface area (Å²) in [6.45, 7) is 11.2. The molecule has 0 bridgehead atoms. The van der Waals surface area contributed by atoms with Crippen LogP contribution in [0.3, 0.4) is 0 Å². The molecule has 6 aromatic carbocycles. The molecule has 0 atom stereocenters. The zero-order valence-corrected chi connectivity index (χ0v) is 28.3. The second-order valence-electron chi connectivity index (χ2n) is 14.7. The summed E-state index contributed by atoms with van der Waals surface area (Å²) in [7, 11) is 0. The smallest absolute Gasteiger partial charge is 0.135 e. The molecular formula is C45H39N3. The lowest BCUT2D eigenvalue weighted by molar-refractivity contribution is 0.490. The molecule has 0 saturated heterocycles. The number of rotatable bonds is 5. The zero-order valence-electron chi connectivity index (χ0n) is 28.3. The molecule has 0 aliphatic carbocycles. The fourth-order valence-corrected chi connectivity index (χ4v) is 6.98. The van der Waals surface area contributed by atoms with Crippen LogP contribution in [-0.4, -0.2) is 15.0 Å². The molecule has 234 valence electrons. The van der Waals surface area contributed by atoms with E-state index in [-0.39, 0.29) is 10.8 Å². The van der Waals surface area contributed by atoms with Crippen LogP contribution in [0.4, 0.5) is 0 Å². The van der Waals surface area contributed by atoms with Gasteiger partial charge in [0.25, 0.3) is 0 Å². The van der Waals surface area contributed by atoms with E-state index in [4.69, 9.17) is 15.0 Å². The van der Waals surface area contributed by atoms with Crippen LogP contribution in [0.2, 0.25) is 0 Å². The van der Waals surface area contributed by atoms with E-state index >= 15 is 0 Å². The SMILES string of the molecule is CC(C)(C)c1cc(-c2ccc3cc(CC(C)(C)c4nc(-c5cccc6ccccc56)c5ccccc5n4)ccc3c2)c2ccccc2n1. The highest BCUT2D eigenvalue weighted by atomic mass is 14.9. The average Bonchev–Trinajstić information content (AvgIpc) is 3.09. The standard InChI is InChI=1S/C45H39N3/c1-44(2,3)41-27-38(35-16-8-10-19-39(35)46-41)33-24-23-31-25-29(21-22-32(31)26-33)28-45(4,5)43-47-40-20-11-9-17-37(40)42(48-43)36-18-12-14-30-13-6-7-15-34(30)36/h6-27H,28H2,1-5H3. The monoisotopic (exact) mass is 621 g/mol. The first kappa shape index (κ1) is 30.0. The van der Waals surface area contributed by atoms with Gasteiger partial charge in [-0.3, -0.25) is 4.98 Å². The van der Waals surface area contributed by atoms with Crippen LogP contribution in [0.15, 0.2) is 133 Å². The first-order valence-corrected chi connectivity index (χ1v) is 16.8. The van der Waals surface area contributed by atoms with E-state index < -0.39 is 0 Å². The Hall–Kier alpha value is -5.41. The second kappa shape index (κ2) is 11.4. The zero-order chi connectivity index (χ0) is 33.0. The molecule has 2 heterocycles. The third-order valence-electron chi connectivity index (χ3n) is 9.60. The van der Waals surface area contributed by atoms with Gasteiger partial charge in [-0.05, 0) is 68.9 Å². The van der Waals surface area contributed by atoms with Gasteiger partial charge in [-0.25, -0.2) is 9.97 Å². The summed E-state index contributed by atoms with van der Waals surface area (Å²) in [5.41, 5.74) is 8.63. The molecule has 8 aromatic rings. The van der Waals surface area contributed by atoms with Gasteiger partial charge in [-0.2, -0.15) is 0 Å². The molecule has 0 aliphatic rings. The van der Waals surface area contributed by atoms with Crippen LogP contribution in [0.5, 0.6) is 0 Å². The summed E-state index contributed by atoms with van der Waals surface area (Å²) in [4.78, 5) is 15.5. The molecule has 0 aliphatic heterocycles. The predicted molar refractivity (Wildman–Crippen MR) is 203 cm³/mol. The minimum atomic E-state index is -0.295. The van der Waals surface area contributed by atoms with Gasteiger partial charge in [-0.1, -0.05) is 144 Å². The van der Waals surface area contributed by atoms with Gasteiger partial charge >= 0.3 is 0 Å². The Bertz CT molecular complexity index is 2500. The molecule has 0 N–H and O–H groups in total. The van der Waals surface area contributed by atoms with E-state index in [1.54, 1.807) is 0 Å². The van der Waals surface area contributed by atoms with Crippen LogP contribution < -0.4 is 0 Å². The summed E-state index contributed by atoms with van der Waals surface area (Å²) in [6, 6.07) is 47.9. The number of hydrogen-bond donors (Lipinski definition) is 0. The maximum absolute atomic E-state index is 5.33. The summed E-state index contributed by atoms with van der Waals surface area (Å²) >= 11 is 0. The molecule has 0 spiro atoms. The Balaban J connectivity index is 1.17.